The molecule has 1 amide bonds. The van der Waals surface area contributed by atoms with E-state index >= 15 is 0 Å². The van der Waals surface area contributed by atoms with Crippen LogP contribution in [0.4, 0.5) is 0 Å². The first-order valence-corrected chi connectivity index (χ1v) is 11.6. The highest BCUT2D eigenvalue weighted by atomic mass is 32.2. The number of sulfone groups is 1. The second-order valence-electron chi connectivity index (χ2n) is 7.31. The lowest BCUT2D eigenvalue weighted by molar-refractivity contribution is -0.130. The highest BCUT2D eigenvalue weighted by Gasteiger charge is 2.29. The van der Waals surface area contributed by atoms with Gasteiger partial charge in [0.2, 0.25) is 5.91 Å². The van der Waals surface area contributed by atoms with E-state index < -0.39 is 9.84 Å². The third-order valence-corrected chi connectivity index (χ3v) is 7.90. The van der Waals surface area contributed by atoms with Crippen LogP contribution < -0.4 is 0 Å². The van der Waals surface area contributed by atoms with Gasteiger partial charge in [0.25, 0.3) is 0 Å². The molecule has 2 aliphatic rings. The van der Waals surface area contributed by atoms with Crippen LogP contribution in [0, 0.1) is 11.8 Å². The topological polar surface area (TPSA) is 85.2 Å². The zero-order valence-corrected chi connectivity index (χ0v) is 16.5. The van der Waals surface area contributed by atoms with Crippen molar-refractivity contribution in [2.24, 2.45) is 18.9 Å². The summed E-state index contributed by atoms with van der Waals surface area (Å²) in [6.07, 6.45) is 3.60. The van der Waals surface area contributed by atoms with Crippen LogP contribution in [0.15, 0.2) is 5.16 Å². The van der Waals surface area contributed by atoms with Gasteiger partial charge in [-0.2, -0.15) is 0 Å². The maximum atomic E-state index is 12.4. The molecule has 2 fully saturated rings. The second-order valence-corrected chi connectivity index (χ2v) is 10.5. The predicted octanol–water partition coefficient (Wildman–Crippen LogP) is 1.14. The predicted molar refractivity (Wildman–Crippen MR) is 97.2 cm³/mol. The Kier molecular flexibility index (Phi) is 5.72. The number of hydrogen-bond donors (Lipinski definition) is 0. The lowest BCUT2D eigenvalue weighted by Crippen LogP contribution is -2.40. The van der Waals surface area contributed by atoms with Gasteiger partial charge in [-0.25, -0.2) is 8.42 Å². The van der Waals surface area contributed by atoms with Crippen molar-refractivity contribution >= 4 is 27.5 Å². The highest BCUT2D eigenvalue weighted by molar-refractivity contribution is 7.99. The van der Waals surface area contributed by atoms with Crippen molar-refractivity contribution in [3.8, 4) is 0 Å². The van der Waals surface area contributed by atoms with Crippen molar-refractivity contribution in [3.05, 3.63) is 5.82 Å². The highest BCUT2D eigenvalue weighted by Crippen LogP contribution is 2.24. The number of hydrogen-bond acceptors (Lipinski definition) is 6. The van der Waals surface area contributed by atoms with Crippen LogP contribution in [0.1, 0.15) is 32.0 Å². The van der Waals surface area contributed by atoms with Crippen LogP contribution in [0.25, 0.3) is 0 Å². The fraction of sp³-hybridized carbons (Fsp3) is 0.812. The molecule has 0 radical (unpaired) electrons. The lowest BCUT2D eigenvalue weighted by Gasteiger charge is -2.30. The van der Waals surface area contributed by atoms with Gasteiger partial charge in [-0.05, 0) is 31.1 Å². The average Bonchev–Trinajstić information content (AvgIpc) is 3.08. The summed E-state index contributed by atoms with van der Waals surface area (Å²) in [4.78, 5) is 14.3. The molecular formula is C16H26N4O3S2. The fourth-order valence-electron chi connectivity index (χ4n) is 3.57. The molecule has 1 aromatic heterocycles. The molecule has 0 aromatic carbocycles. The van der Waals surface area contributed by atoms with Crippen molar-refractivity contribution in [1.82, 2.24) is 19.7 Å². The number of amides is 1. The van der Waals surface area contributed by atoms with Gasteiger partial charge in [0.15, 0.2) is 15.0 Å². The summed E-state index contributed by atoms with van der Waals surface area (Å²) < 4.78 is 25.1. The van der Waals surface area contributed by atoms with Gasteiger partial charge in [-0.15, -0.1) is 10.2 Å². The standard InChI is InChI=1S/C16H26N4O3S2/c1-12-4-3-6-20(9-12)15(21)10-24-16-18-17-14(19(16)2)8-13-5-7-25(22,23)11-13/h12-13H,3-11H2,1-2H3/t12-,13+/m0/s1. The number of carbonyl (C=O) groups is 1. The smallest absolute Gasteiger partial charge is 0.233 e. The summed E-state index contributed by atoms with van der Waals surface area (Å²) in [5.74, 6) is 2.55. The third-order valence-electron chi connectivity index (χ3n) is 5.06. The van der Waals surface area contributed by atoms with Gasteiger partial charge in [0.1, 0.15) is 5.82 Å². The van der Waals surface area contributed by atoms with Gasteiger partial charge >= 0.3 is 0 Å². The Balaban J connectivity index is 1.53. The van der Waals surface area contributed by atoms with E-state index in [1.165, 1.54) is 18.2 Å². The Bertz CT molecular complexity index is 732. The minimum Gasteiger partial charge on any atom is -0.342 e. The first kappa shape index (κ1) is 18.7. The number of thioether (sulfide) groups is 1. The van der Waals surface area contributed by atoms with Gasteiger partial charge < -0.3 is 9.47 Å². The Morgan fingerprint density at radius 2 is 2.12 bits per heavy atom. The van der Waals surface area contributed by atoms with E-state index in [9.17, 15) is 13.2 Å². The summed E-state index contributed by atoms with van der Waals surface area (Å²) in [7, 11) is -0.989. The van der Waals surface area contributed by atoms with E-state index in [0.29, 0.717) is 29.7 Å². The molecule has 7 nitrogen and oxygen atoms in total. The molecule has 3 heterocycles. The summed E-state index contributed by atoms with van der Waals surface area (Å²) in [5, 5.41) is 9.10. The lowest BCUT2D eigenvalue weighted by atomic mass is 10.0. The van der Waals surface area contributed by atoms with Gasteiger partial charge in [-0.3, -0.25) is 4.79 Å². The number of rotatable bonds is 5. The fourth-order valence-corrected chi connectivity index (χ4v) is 6.27. The molecule has 0 N–H and O–H groups in total. The van der Waals surface area contributed by atoms with Gasteiger partial charge in [-0.1, -0.05) is 18.7 Å². The van der Waals surface area contributed by atoms with Gasteiger partial charge in [0, 0.05) is 26.6 Å². The average molecular weight is 387 g/mol. The molecule has 3 rings (SSSR count). The molecule has 25 heavy (non-hydrogen) atoms. The monoisotopic (exact) mass is 386 g/mol. The molecule has 2 atom stereocenters. The molecule has 0 saturated carbocycles. The van der Waals surface area contributed by atoms with Gasteiger partial charge in [0.05, 0.1) is 17.3 Å². The van der Waals surface area contributed by atoms with Crippen LogP contribution in [-0.2, 0) is 28.1 Å². The first-order chi connectivity index (χ1) is 11.8. The molecular weight excluding hydrogens is 360 g/mol. The number of aromatic nitrogens is 3. The van der Waals surface area contributed by atoms with Crippen LogP contribution in [0.2, 0.25) is 0 Å². The summed E-state index contributed by atoms with van der Waals surface area (Å²) in [5.41, 5.74) is 0. The Labute approximate surface area is 153 Å². The Morgan fingerprint density at radius 3 is 2.80 bits per heavy atom. The van der Waals surface area contributed by atoms with Crippen molar-refractivity contribution in [2.75, 3.05) is 30.3 Å². The number of nitrogens with zero attached hydrogens (tertiary/aromatic N) is 4. The maximum absolute atomic E-state index is 12.4. The molecule has 0 aliphatic carbocycles. The molecule has 2 saturated heterocycles. The molecule has 140 valence electrons. The van der Waals surface area contributed by atoms with Crippen molar-refractivity contribution in [2.45, 2.75) is 37.8 Å². The Hall–Kier alpha value is -1.09. The normalized spacial score (nSPS) is 26.1. The third kappa shape index (κ3) is 4.75. The number of piperidine rings is 1. The van der Waals surface area contributed by atoms with E-state index in [2.05, 4.69) is 17.1 Å². The van der Waals surface area contributed by atoms with E-state index in [0.717, 1.165) is 25.3 Å². The van der Waals surface area contributed by atoms with Crippen molar-refractivity contribution in [3.63, 3.8) is 0 Å². The molecule has 1 aromatic rings. The number of carbonyl (C=O) groups excluding carboxylic acids is 1. The van der Waals surface area contributed by atoms with E-state index in [1.54, 1.807) is 0 Å². The zero-order valence-electron chi connectivity index (χ0n) is 14.8. The van der Waals surface area contributed by atoms with Crippen LogP contribution in [0.5, 0.6) is 0 Å². The molecule has 0 bridgehead atoms. The molecule has 0 spiro atoms. The second kappa shape index (κ2) is 7.65. The first-order valence-electron chi connectivity index (χ1n) is 8.83. The molecule has 2 aliphatic heterocycles. The summed E-state index contributed by atoms with van der Waals surface area (Å²) in [6, 6.07) is 0. The van der Waals surface area contributed by atoms with E-state index in [1.807, 2.05) is 16.5 Å². The van der Waals surface area contributed by atoms with Crippen molar-refractivity contribution in [1.29, 1.82) is 0 Å². The zero-order chi connectivity index (χ0) is 18.0. The van der Waals surface area contributed by atoms with E-state index in [4.69, 9.17) is 0 Å². The van der Waals surface area contributed by atoms with Crippen LogP contribution in [0.3, 0.4) is 0 Å². The minimum absolute atomic E-state index is 0.127. The van der Waals surface area contributed by atoms with Crippen molar-refractivity contribution < 1.29 is 13.2 Å². The number of likely N-dealkylation sites (tertiary alicyclic amines) is 1. The van der Waals surface area contributed by atoms with Crippen LogP contribution in [-0.4, -0.2) is 64.3 Å². The van der Waals surface area contributed by atoms with E-state index in [-0.39, 0.29) is 23.3 Å². The largest absolute Gasteiger partial charge is 0.342 e. The molecule has 9 heteroatoms. The summed E-state index contributed by atoms with van der Waals surface area (Å²) in [6.45, 7) is 3.88. The molecule has 0 unspecified atom stereocenters. The minimum atomic E-state index is -2.87. The quantitative estimate of drug-likeness (QED) is 0.706. The SMILES string of the molecule is C[C@H]1CCCN(C(=O)CSc2nnc(C[C@H]3CCS(=O)(=O)C3)n2C)C1. The Morgan fingerprint density at radius 1 is 1.32 bits per heavy atom. The maximum Gasteiger partial charge on any atom is 0.233 e. The summed E-state index contributed by atoms with van der Waals surface area (Å²) >= 11 is 1.41. The van der Waals surface area contributed by atoms with Crippen LogP contribution >= 0.6 is 11.8 Å².